The zero-order valence-corrected chi connectivity index (χ0v) is 19.9. The van der Waals surface area contributed by atoms with Gasteiger partial charge in [-0.25, -0.2) is 4.90 Å². The van der Waals surface area contributed by atoms with Crippen molar-refractivity contribution >= 4 is 35.1 Å². The minimum Gasteiger partial charge on any atom is -0.426 e. The molecule has 1 aliphatic carbocycles. The number of fused-ring (bicyclic) bond motifs is 1. The second-order valence-electron chi connectivity index (χ2n) is 9.56. The Balaban J connectivity index is 1.28. The second-order valence-corrected chi connectivity index (χ2v) is 9.56. The van der Waals surface area contributed by atoms with E-state index in [1.807, 2.05) is 37.3 Å². The van der Waals surface area contributed by atoms with Gasteiger partial charge >= 0.3 is 5.97 Å². The van der Waals surface area contributed by atoms with Gasteiger partial charge in [-0.05, 0) is 56.0 Å². The van der Waals surface area contributed by atoms with Crippen LogP contribution in [0.25, 0.3) is 0 Å². The van der Waals surface area contributed by atoms with E-state index in [1.54, 1.807) is 29.2 Å². The Hall–Kier alpha value is -3.74. The molecule has 0 aromatic heterocycles. The highest BCUT2D eigenvalue weighted by molar-refractivity contribution is 6.22. The fourth-order valence-corrected chi connectivity index (χ4v) is 5.20. The van der Waals surface area contributed by atoms with Crippen LogP contribution in [0, 0.1) is 17.8 Å². The van der Waals surface area contributed by atoms with Gasteiger partial charge in [-0.1, -0.05) is 36.8 Å². The first-order chi connectivity index (χ1) is 16.9. The zero-order chi connectivity index (χ0) is 24.7. The highest BCUT2D eigenvalue weighted by Crippen LogP contribution is 2.40. The Morgan fingerprint density at radius 1 is 0.971 bits per heavy atom. The predicted molar refractivity (Wildman–Crippen MR) is 131 cm³/mol. The van der Waals surface area contributed by atoms with Gasteiger partial charge < -0.3 is 9.64 Å². The molecular weight excluding hydrogens is 444 g/mol. The molecule has 0 bridgehead atoms. The van der Waals surface area contributed by atoms with Crippen LogP contribution in [0.15, 0.2) is 60.2 Å². The van der Waals surface area contributed by atoms with E-state index in [-0.39, 0.29) is 48.3 Å². The Labute approximate surface area is 204 Å². The molecule has 0 N–H and O–H groups in total. The van der Waals surface area contributed by atoms with Gasteiger partial charge in [0.05, 0.1) is 23.4 Å². The number of carbonyl (C=O) groups excluding carboxylic acids is 4. The quantitative estimate of drug-likeness (QED) is 0.284. The fraction of sp³-hybridized carbons (Fsp3) is 0.357. The molecule has 3 amide bonds. The molecular formula is C28H28N2O5. The monoisotopic (exact) mass is 472 g/mol. The maximum absolute atomic E-state index is 13.0. The lowest BCUT2D eigenvalue weighted by Gasteiger charge is -2.18. The van der Waals surface area contributed by atoms with E-state index < -0.39 is 11.9 Å². The number of hydrogen-bond donors (Lipinski definition) is 0. The minimum atomic E-state index is -0.594. The molecule has 7 nitrogen and oxygen atoms in total. The molecule has 0 saturated carbocycles. The number of hydrogen-bond acceptors (Lipinski definition) is 5. The van der Waals surface area contributed by atoms with Crippen molar-refractivity contribution in [1.29, 1.82) is 0 Å². The number of imide groups is 1. The van der Waals surface area contributed by atoms with E-state index in [4.69, 9.17) is 4.74 Å². The van der Waals surface area contributed by atoms with Gasteiger partial charge in [0.15, 0.2) is 0 Å². The third kappa shape index (κ3) is 4.27. The maximum atomic E-state index is 13.0. The first-order valence-corrected chi connectivity index (χ1v) is 12.1. The number of aryl methyl sites for hydroxylation is 1. The molecule has 2 aromatic rings. The molecule has 2 heterocycles. The van der Waals surface area contributed by atoms with E-state index in [0.717, 1.165) is 17.7 Å². The minimum absolute atomic E-state index is 0.0763. The van der Waals surface area contributed by atoms with Crippen LogP contribution in [0.2, 0.25) is 0 Å². The molecule has 0 radical (unpaired) electrons. The molecule has 0 unspecified atom stereocenters. The van der Waals surface area contributed by atoms with Gasteiger partial charge in [-0.3, -0.25) is 19.2 Å². The van der Waals surface area contributed by atoms with E-state index in [9.17, 15) is 19.2 Å². The summed E-state index contributed by atoms with van der Waals surface area (Å²) in [7, 11) is 0. The summed E-state index contributed by atoms with van der Waals surface area (Å²) in [4.78, 5) is 54.3. The molecule has 7 heteroatoms. The maximum Gasteiger partial charge on any atom is 0.316 e. The second kappa shape index (κ2) is 9.13. The molecule has 0 spiro atoms. The molecule has 5 rings (SSSR count). The van der Waals surface area contributed by atoms with Crippen molar-refractivity contribution in [2.45, 2.75) is 39.5 Å². The Bertz CT molecular complexity index is 1230. The van der Waals surface area contributed by atoms with Crippen LogP contribution in [0.4, 0.5) is 11.4 Å². The van der Waals surface area contributed by atoms with Crippen molar-refractivity contribution in [2.75, 3.05) is 16.3 Å². The summed E-state index contributed by atoms with van der Waals surface area (Å²) in [5, 5.41) is 0. The van der Waals surface area contributed by atoms with Crippen LogP contribution in [0.1, 0.15) is 38.7 Å². The van der Waals surface area contributed by atoms with Crippen molar-refractivity contribution < 1.29 is 23.9 Å². The molecule has 2 fully saturated rings. The number of amides is 3. The van der Waals surface area contributed by atoms with E-state index >= 15 is 0 Å². The van der Waals surface area contributed by atoms with E-state index in [2.05, 4.69) is 6.92 Å². The summed E-state index contributed by atoms with van der Waals surface area (Å²) in [5.74, 6) is -2.06. The number of ether oxygens (including phenoxy) is 1. The third-order valence-corrected chi connectivity index (χ3v) is 7.23. The lowest BCUT2D eigenvalue weighted by molar-refractivity contribution is -0.139. The Morgan fingerprint density at radius 3 is 2.46 bits per heavy atom. The van der Waals surface area contributed by atoms with Gasteiger partial charge in [-0.2, -0.15) is 0 Å². The Kier molecular flexibility index (Phi) is 6.01. The van der Waals surface area contributed by atoms with Crippen LogP contribution in [-0.4, -0.2) is 30.2 Å². The molecule has 2 aliphatic heterocycles. The smallest absolute Gasteiger partial charge is 0.316 e. The first-order valence-electron chi connectivity index (χ1n) is 12.1. The van der Waals surface area contributed by atoms with Crippen molar-refractivity contribution in [3.8, 4) is 5.75 Å². The van der Waals surface area contributed by atoms with Gasteiger partial charge in [-0.15, -0.1) is 0 Å². The highest BCUT2D eigenvalue weighted by atomic mass is 16.5. The topological polar surface area (TPSA) is 84.0 Å². The number of carbonyl (C=O) groups is 4. The predicted octanol–water partition coefficient (Wildman–Crippen LogP) is 4.05. The number of nitrogens with zero attached hydrogens (tertiary/aromatic N) is 2. The molecule has 2 saturated heterocycles. The van der Waals surface area contributed by atoms with Crippen LogP contribution >= 0.6 is 0 Å². The summed E-state index contributed by atoms with van der Waals surface area (Å²) in [6.45, 7) is 4.30. The van der Waals surface area contributed by atoms with E-state index in [1.165, 1.54) is 10.5 Å². The summed E-state index contributed by atoms with van der Waals surface area (Å²) in [6, 6.07) is 14.2. The van der Waals surface area contributed by atoms with Gasteiger partial charge in [0.1, 0.15) is 5.75 Å². The van der Waals surface area contributed by atoms with Crippen LogP contribution in [0.5, 0.6) is 5.75 Å². The summed E-state index contributed by atoms with van der Waals surface area (Å²) in [5.41, 5.74) is 3.47. The molecule has 2 aromatic carbocycles. The largest absolute Gasteiger partial charge is 0.426 e. The molecule has 35 heavy (non-hydrogen) atoms. The highest BCUT2D eigenvalue weighted by Gasteiger charge is 2.48. The molecule has 3 atom stereocenters. The van der Waals surface area contributed by atoms with Crippen LogP contribution in [0.3, 0.4) is 0 Å². The van der Waals surface area contributed by atoms with Crippen LogP contribution < -0.4 is 14.5 Å². The molecule has 180 valence electrons. The normalized spacial score (nSPS) is 24.0. The lowest BCUT2D eigenvalue weighted by atomic mass is 9.82. The van der Waals surface area contributed by atoms with Crippen molar-refractivity contribution in [3.63, 3.8) is 0 Å². The van der Waals surface area contributed by atoms with Crippen molar-refractivity contribution in [2.24, 2.45) is 17.8 Å². The molecule has 3 aliphatic rings. The number of benzene rings is 2. The summed E-state index contributed by atoms with van der Waals surface area (Å²) in [6.07, 6.45) is 4.17. The SMILES string of the molecule is CCc1ccc(N2C[C@H](C(=O)Oc3cccc(N4C(=O)[C@@H]5CC=C(C)C[C@H]5C4=O)c3)CC2=O)cc1. The first kappa shape index (κ1) is 23.0. The number of rotatable bonds is 5. The standard InChI is InChI=1S/C28H28N2O5/c1-3-18-8-10-20(11-9-18)29-16-19(14-25(29)31)28(34)35-22-6-4-5-21(15-22)30-26(32)23-12-7-17(2)13-24(23)27(30)33/h4-11,15,19,23-24H,3,12-14,16H2,1-2H3/t19-,23-,24-/m1/s1. The number of anilines is 2. The average molecular weight is 473 g/mol. The Morgan fingerprint density at radius 2 is 1.71 bits per heavy atom. The zero-order valence-electron chi connectivity index (χ0n) is 19.9. The summed E-state index contributed by atoms with van der Waals surface area (Å²) >= 11 is 0. The average Bonchev–Trinajstić information content (AvgIpc) is 3.36. The number of esters is 1. The number of allylic oxidation sites excluding steroid dienone is 2. The van der Waals surface area contributed by atoms with Gasteiger partial charge in [0, 0.05) is 24.7 Å². The van der Waals surface area contributed by atoms with Crippen LogP contribution in [-0.2, 0) is 25.6 Å². The fourth-order valence-electron chi connectivity index (χ4n) is 5.20. The van der Waals surface area contributed by atoms with Crippen molar-refractivity contribution in [1.82, 2.24) is 0 Å². The van der Waals surface area contributed by atoms with Gasteiger partial charge in [0.2, 0.25) is 17.7 Å². The third-order valence-electron chi connectivity index (χ3n) is 7.23. The lowest BCUT2D eigenvalue weighted by Crippen LogP contribution is -2.31. The van der Waals surface area contributed by atoms with E-state index in [0.29, 0.717) is 18.5 Å². The van der Waals surface area contributed by atoms with Crippen molar-refractivity contribution in [3.05, 3.63) is 65.7 Å². The summed E-state index contributed by atoms with van der Waals surface area (Å²) < 4.78 is 5.60. The van der Waals surface area contributed by atoms with Gasteiger partial charge in [0.25, 0.3) is 0 Å².